The van der Waals surface area contributed by atoms with E-state index in [2.05, 4.69) is 0 Å². The molecule has 0 aliphatic rings. The van der Waals surface area contributed by atoms with E-state index >= 15 is 0 Å². The van der Waals surface area contributed by atoms with E-state index in [1.54, 1.807) is 18.2 Å². The van der Waals surface area contributed by atoms with Gasteiger partial charge in [0.25, 0.3) is 0 Å². The van der Waals surface area contributed by atoms with Crippen molar-refractivity contribution in [3.8, 4) is 0 Å². The maximum atomic E-state index is 12.2. The fourth-order valence-electron chi connectivity index (χ4n) is 1.71. The van der Waals surface area contributed by atoms with Crippen molar-refractivity contribution in [2.75, 3.05) is 0 Å². The zero-order chi connectivity index (χ0) is 14.2. The van der Waals surface area contributed by atoms with Crippen LogP contribution < -0.4 is 0 Å². The lowest BCUT2D eigenvalue weighted by atomic mass is 10.2. The number of carbonyl (C=O) groups excluding carboxylic acids is 1. The average Bonchev–Trinajstić information content (AvgIpc) is 2.63. The number of aromatic nitrogens is 1. The molecule has 0 bridgehead atoms. The van der Waals surface area contributed by atoms with Gasteiger partial charge < -0.3 is 4.74 Å². The number of halogens is 2. The third-order valence-corrected chi connectivity index (χ3v) is 3.55. The SMILES string of the molecule is CC(C)(C)OC(=O)n1c(SCl)cc2cc(Cl)ccc21. The fourth-order valence-corrected chi connectivity index (χ4v) is 2.65. The van der Waals surface area contributed by atoms with E-state index in [1.807, 2.05) is 26.8 Å². The minimum Gasteiger partial charge on any atom is -0.443 e. The van der Waals surface area contributed by atoms with Crippen molar-refractivity contribution in [2.45, 2.75) is 31.4 Å². The van der Waals surface area contributed by atoms with Gasteiger partial charge in [-0.15, -0.1) is 0 Å². The van der Waals surface area contributed by atoms with Crippen LogP contribution in [0.2, 0.25) is 5.02 Å². The van der Waals surface area contributed by atoms with Crippen LogP contribution in [0.25, 0.3) is 10.9 Å². The van der Waals surface area contributed by atoms with E-state index in [9.17, 15) is 4.79 Å². The summed E-state index contributed by atoms with van der Waals surface area (Å²) in [5.41, 5.74) is 0.163. The van der Waals surface area contributed by atoms with Crippen molar-refractivity contribution < 1.29 is 9.53 Å². The molecule has 1 aromatic carbocycles. The Kier molecular flexibility index (Phi) is 4.04. The molecule has 102 valence electrons. The Hall–Kier alpha value is -0.840. The van der Waals surface area contributed by atoms with Gasteiger partial charge in [0.1, 0.15) is 10.6 Å². The van der Waals surface area contributed by atoms with E-state index in [4.69, 9.17) is 27.0 Å². The minimum atomic E-state index is -0.561. The summed E-state index contributed by atoms with van der Waals surface area (Å²) >= 11 is 5.94. The number of fused-ring (bicyclic) bond motifs is 1. The normalized spacial score (nSPS) is 11.8. The highest BCUT2D eigenvalue weighted by Crippen LogP contribution is 2.32. The molecule has 0 saturated heterocycles. The van der Waals surface area contributed by atoms with Crippen molar-refractivity contribution in [3.05, 3.63) is 29.3 Å². The van der Waals surface area contributed by atoms with Crippen LogP contribution in [-0.2, 0) is 4.74 Å². The van der Waals surface area contributed by atoms with Crippen LogP contribution in [0, 0.1) is 0 Å². The molecule has 0 atom stereocenters. The summed E-state index contributed by atoms with van der Waals surface area (Å²) in [6.07, 6.45) is -0.451. The highest BCUT2D eigenvalue weighted by atomic mass is 35.7. The molecule has 0 radical (unpaired) electrons. The van der Waals surface area contributed by atoms with Gasteiger partial charge in [0.05, 0.1) is 5.52 Å². The molecule has 19 heavy (non-hydrogen) atoms. The summed E-state index contributed by atoms with van der Waals surface area (Å²) in [5, 5.41) is 2.06. The molecule has 1 aromatic heterocycles. The Bertz CT molecular complexity index is 631. The smallest absolute Gasteiger partial charge is 0.419 e. The monoisotopic (exact) mass is 317 g/mol. The summed E-state index contributed by atoms with van der Waals surface area (Å²) < 4.78 is 6.83. The average molecular weight is 318 g/mol. The van der Waals surface area contributed by atoms with Crippen molar-refractivity contribution in [3.63, 3.8) is 0 Å². The minimum absolute atomic E-state index is 0.451. The van der Waals surface area contributed by atoms with Crippen LogP contribution in [0.3, 0.4) is 0 Å². The molecule has 0 unspecified atom stereocenters. The second-order valence-electron chi connectivity index (χ2n) is 5.08. The van der Waals surface area contributed by atoms with Crippen LogP contribution in [0.15, 0.2) is 29.3 Å². The Balaban J connectivity index is 2.54. The van der Waals surface area contributed by atoms with Gasteiger partial charge in [-0.05, 0) is 66.7 Å². The summed E-state index contributed by atoms with van der Waals surface area (Å²) in [5.74, 6) is 0. The van der Waals surface area contributed by atoms with Gasteiger partial charge in [-0.1, -0.05) is 11.6 Å². The Labute approximate surface area is 125 Å². The highest BCUT2D eigenvalue weighted by Gasteiger charge is 2.22. The van der Waals surface area contributed by atoms with Crippen LogP contribution in [0.1, 0.15) is 20.8 Å². The maximum absolute atomic E-state index is 12.2. The standard InChI is InChI=1S/C13H13Cl2NO2S/c1-13(2,3)18-12(17)16-10-5-4-9(14)6-8(10)7-11(16)19-15/h4-7H,1-3H3. The third-order valence-electron chi connectivity index (χ3n) is 2.38. The molecule has 1 heterocycles. The first-order chi connectivity index (χ1) is 8.81. The molecule has 0 fully saturated rings. The molecule has 0 aliphatic carbocycles. The van der Waals surface area contributed by atoms with Crippen molar-refractivity contribution in [2.24, 2.45) is 0 Å². The first-order valence-electron chi connectivity index (χ1n) is 5.65. The topological polar surface area (TPSA) is 31.2 Å². The predicted molar refractivity (Wildman–Crippen MR) is 80.3 cm³/mol. The van der Waals surface area contributed by atoms with Crippen molar-refractivity contribution >= 4 is 50.3 Å². The van der Waals surface area contributed by atoms with E-state index in [0.29, 0.717) is 10.0 Å². The molecular formula is C13H13Cl2NO2S. The summed E-state index contributed by atoms with van der Waals surface area (Å²) in [7, 11) is 6.79. The number of nitrogens with zero attached hydrogens (tertiary/aromatic N) is 1. The van der Waals surface area contributed by atoms with Crippen LogP contribution in [0.5, 0.6) is 0 Å². The van der Waals surface area contributed by atoms with E-state index in [0.717, 1.165) is 21.9 Å². The number of benzene rings is 1. The number of carbonyl (C=O) groups is 1. The molecule has 0 amide bonds. The molecule has 6 heteroatoms. The van der Waals surface area contributed by atoms with Crippen LogP contribution in [-0.4, -0.2) is 16.3 Å². The zero-order valence-electron chi connectivity index (χ0n) is 10.7. The van der Waals surface area contributed by atoms with E-state index in [-0.39, 0.29) is 0 Å². The second-order valence-corrected chi connectivity index (χ2v) is 6.55. The van der Waals surface area contributed by atoms with Gasteiger partial charge in [0.2, 0.25) is 0 Å². The predicted octanol–water partition coefficient (Wildman–Crippen LogP) is 5.32. The van der Waals surface area contributed by atoms with Crippen molar-refractivity contribution in [1.29, 1.82) is 0 Å². The summed E-state index contributed by atoms with van der Waals surface area (Å²) in [6, 6.07) is 7.10. The first-order valence-corrected chi connectivity index (χ1v) is 7.67. The lowest BCUT2D eigenvalue weighted by Gasteiger charge is -2.20. The Morgan fingerprint density at radius 3 is 2.58 bits per heavy atom. The molecule has 0 N–H and O–H groups in total. The number of rotatable bonds is 1. The quantitative estimate of drug-likeness (QED) is 0.712. The maximum Gasteiger partial charge on any atom is 0.419 e. The lowest BCUT2D eigenvalue weighted by Crippen LogP contribution is -2.27. The second kappa shape index (κ2) is 5.27. The summed E-state index contributed by atoms with van der Waals surface area (Å²) in [6.45, 7) is 5.46. The molecular weight excluding hydrogens is 305 g/mol. The Morgan fingerprint density at radius 1 is 1.32 bits per heavy atom. The largest absolute Gasteiger partial charge is 0.443 e. The zero-order valence-corrected chi connectivity index (χ0v) is 13.1. The number of hydrogen-bond acceptors (Lipinski definition) is 3. The molecule has 0 aliphatic heterocycles. The van der Waals surface area contributed by atoms with E-state index in [1.165, 1.54) is 4.57 Å². The highest BCUT2D eigenvalue weighted by molar-refractivity contribution is 8.21. The van der Waals surface area contributed by atoms with Crippen LogP contribution >= 0.6 is 33.3 Å². The molecule has 2 rings (SSSR count). The van der Waals surface area contributed by atoms with E-state index < -0.39 is 11.7 Å². The lowest BCUT2D eigenvalue weighted by molar-refractivity contribution is 0.0532. The molecule has 0 saturated carbocycles. The fraction of sp³-hybridized carbons (Fsp3) is 0.308. The van der Waals surface area contributed by atoms with Crippen LogP contribution in [0.4, 0.5) is 4.79 Å². The molecule has 3 nitrogen and oxygen atoms in total. The number of ether oxygens (including phenoxy) is 1. The van der Waals surface area contributed by atoms with Gasteiger partial charge in [0.15, 0.2) is 0 Å². The van der Waals surface area contributed by atoms with Gasteiger partial charge >= 0.3 is 6.09 Å². The van der Waals surface area contributed by atoms with Crippen molar-refractivity contribution in [1.82, 2.24) is 4.57 Å². The summed E-state index contributed by atoms with van der Waals surface area (Å²) in [4.78, 5) is 12.2. The molecule has 2 aromatic rings. The first kappa shape index (κ1) is 14.6. The number of hydrogen-bond donors (Lipinski definition) is 0. The Morgan fingerprint density at radius 2 is 2.00 bits per heavy atom. The van der Waals surface area contributed by atoms with Gasteiger partial charge in [-0.3, -0.25) is 0 Å². The molecule has 0 spiro atoms. The van der Waals surface area contributed by atoms with Gasteiger partial charge in [0, 0.05) is 10.4 Å². The van der Waals surface area contributed by atoms with Gasteiger partial charge in [-0.25, -0.2) is 9.36 Å². The van der Waals surface area contributed by atoms with Gasteiger partial charge in [-0.2, -0.15) is 0 Å². The third kappa shape index (κ3) is 3.19.